The fourth-order valence-electron chi connectivity index (χ4n) is 3.46. The van der Waals surface area contributed by atoms with Crippen LogP contribution in [0.5, 0.6) is 0 Å². The number of nitrogen functional groups attached to an aromatic ring is 1. The highest BCUT2D eigenvalue weighted by atomic mass is 35.5. The lowest BCUT2D eigenvalue weighted by Crippen LogP contribution is -2.48. The van der Waals surface area contributed by atoms with Gasteiger partial charge >= 0.3 is 0 Å². The van der Waals surface area contributed by atoms with Crippen molar-refractivity contribution < 1.29 is 13.6 Å². The summed E-state index contributed by atoms with van der Waals surface area (Å²) < 4.78 is 20.7. The molecule has 3 heterocycles. The molecule has 1 saturated heterocycles. The number of nitrogens with two attached hydrogens (primary N) is 1. The maximum absolute atomic E-state index is 14.0. The third-order valence-electron chi connectivity index (χ3n) is 5.26. The molecular formula is C20H22ClFN6O2S. The SMILES string of the molecule is Cc1occc1-c1nnc(SCC(=O)N2CCN(Cc3c(F)cccc3Cl)CC2)n1N. The van der Waals surface area contributed by atoms with E-state index in [1.54, 1.807) is 29.4 Å². The number of nitrogens with zero attached hydrogens (tertiary/aromatic N) is 5. The Morgan fingerprint density at radius 1 is 1.26 bits per heavy atom. The summed E-state index contributed by atoms with van der Waals surface area (Å²) in [6.45, 7) is 4.69. The fraction of sp³-hybridized carbons (Fsp3) is 0.350. The average molecular weight is 465 g/mol. The highest BCUT2D eigenvalue weighted by Gasteiger charge is 2.23. The molecule has 0 unspecified atom stereocenters. The van der Waals surface area contributed by atoms with Gasteiger partial charge in [-0.1, -0.05) is 29.4 Å². The van der Waals surface area contributed by atoms with E-state index in [-0.39, 0.29) is 17.5 Å². The number of piperazine rings is 1. The Bertz CT molecular complexity index is 1060. The number of amides is 1. The van der Waals surface area contributed by atoms with Crippen molar-refractivity contribution in [3.8, 4) is 11.4 Å². The molecule has 2 aromatic heterocycles. The first kappa shape index (κ1) is 21.7. The second-order valence-corrected chi connectivity index (χ2v) is 8.56. The van der Waals surface area contributed by atoms with Gasteiger partial charge in [0.2, 0.25) is 11.1 Å². The maximum Gasteiger partial charge on any atom is 0.233 e. The van der Waals surface area contributed by atoms with Crippen LogP contribution < -0.4 is 5.84 Å². The van der Waals surface area contributed by atoms with Crippen molar-refractivity contribution in [3.63, 3.8) is 0 Å². The summed E-state index contributed by atoms with van der Waals surface area (Å²) in [5.41, 5.74) is 1.25. The van der Waals surface area contributed by atoms with Crippen LogP contribution in [0.25, 0.3) is 11.4 Å². The van der Waals surface area contributed by atoms with E-state index < -0.39 is 0 Å². The Kier molecular flexibility index (Phi) is 6.49. The Hall–Kier alpha value is -2.56. The number of rotatable bonds is 6. The zero-order chi connectivity index (χ0) is 22.0. The number of thioether (sulfide) groups is 1. The minimum Gasteiger partial charge on any atom is -0.469 e. The molecule has 1 aromatic carbocycles. The predicted molar refractivity (Wildman–Crippen MR) is 117 cm³/mol. The Morgan fingerprint density at radius 3 is 2.71 bits per heavy atom. The molecular weight excluding hydrogens is 443 g/mol. The summed E-state index contributed by atoms with van der Waals surface area (Å²) in [5.74, 6) is 7.18. The number of halogens is 2. The molecule has 2 N–H and O–H groups in total. The Balaban J connectivity index is 1.29. The largest absolute Gasteiger partial charge is 0.469 e. The number of furan rings is 1. The molecule has 0 atom stereocenters. The predicted octanol–water partition coefficient (Wildman–Crippen LogP) is 2.79. The minimum atomic E-state index is -0.307. The number of aryl methyl sites for hydroxylation is 1. The normalized spacial score (nSPS) is 14.9. The first-order valence-corrected chi connectivity index (χ1v) is 11.1. The van der Waals surface area contributed by atoms with Gasteiger partial charge in [-0.15, -0.1) is 10.2 Å². The van der Waals surface area contributed by atoms with Gasteiger partial charge in [-0.2, -0.15) is 0 Å². The van der Waals surface area contributed by atoms with Crippen molar-refractivity contribution in [1.82, 2.24) is 24.7 Å². The number of carbonyl (C=O) groups is 1. The third kappa shape index (κ3) is 4.70. The Labute approximate surface area is 188 Å². The average Bonchev–Trinajstić information content (AvgIpc) is 3.34. The van der Waals surface area contributed by atoms with Gasteiger partial charge in [-0.05, 0) is 25.1 Å². The summed E-state index contributed by atoms with van der Waals surface area (Å²) in [6.07, 6.45) is 1.56. The van der Waals surface area contributed by atoms with Gasteiger partial charge in [-0.25, -0.2) is 9.07 Å². The van der Waals surface area contributed by atoms with Crippen LogP contribution >= 0.6 is 23.4 Å². The van der Waals surface area contributed by atoms with Crippen molar-refractivity contribution in [2.75, 3.05) is 37.8 Å². The maximum atomic E-state index is 14.0. The topological polar surface area (TPSA) is 93.4 Å². The van der Waals surface area contributed by atoms with E-state index in [1.165, 1.54) is 22.5 Å². The lowest BCUT2D eigenvalue weighted by atomic mass is 10.2. The van der Waals surface area contributed by atoms with Gasteiger partial charge in [0.1, 0.15) is 11.6 Å². The van der Waals surface area contributed by atoms with Crippen molar-refractivity contribution in [2.24, 2.45) is 0 Å². The van der Waals surface area contributed by atoms with Gasteiger partial charge in [-0.3, -0.25) is 9.69 Å². The van der Waals surface area contributed by atoms with Gasteiger partial charge < -0.3 is 15.2 Å². The molecule has 0 radical (unpaired) electrons. The molecule has 0 aliphatic carbocycles. The molecule has 11 heteroatoms. The quantitative estimate of drug-likeness (QED) is 0.443. The van der Waals surface area contributed by atoms with Crippen molar-refractivity contribution in [1.29, 1.82) is 0 Å². The molecule has 1 amide bonds. The van der Waals surface area contributed by atoms with Gasteiger partial charge in [0, 0.05) is 43.3 Å². The van der Waals surface area contributed by atoms with E-state index in [9.17, 15) is 9.18 Å². The van der Waals surface area contributed by atoms with Crippen LogP contribution in [0, 0.1) is 12.7 Å². The second-order valence-electron chi connectivity index (χ2n) is 7.21. The van der Waals surface area contributed by atoms with Crippen LogP contribution in [0.2, 0.25) is 5.02 Å². The number of hydrogen-bond acceptors (Lipinski definition) is 7. The standard InChI is InChI=1S/C20H22ClFN6O2S/c1-13-14(5-10-30-13)19-24-25-20(28(19)23)31-12-18(29)27-8-6-26(7-9-27)11-15-16(21)3-2-4-17(15)22/h2-5,10H,6-9,11-12,23H2,1H3. The molecule has 0 spiro atoms. The van der Waals surface area contributed by atoms with Crippen LogP contribution in [0.3, 0.4) is 0 Å². The summed E-state index contributed by atoms with van der Waals surface area (Å²) in [5, 5.41) is 9.07. The molecule has 0 bridgehead atoms. The van der Waals surface area contributed by atoms with Gasteiger partial charge in [0.05, 0.1) is 17.6 Å². The second kappa shape index (κ2) is 9.29. The summed E-state index contributed by atoms with van der Waals surface area (Å²) >= 11 is 7.36. The highest BCUT2D eigenvalue weighted by molar-refractivity contribution is 7.99. The number of aromatic nitrogens is 3. The zero-order valence-electron chi connectivity index (χ0n) is 16.9. The van der Waals surface area contributed by atoms with Crippen molar-refractivity contribution >= 4 is 29.3 Å². The number of benzene rings is 1. The van der Waals surface area contributed by atoms with E-state index in [1.807, 2.05) is 6.92 Å². The van der Waals surface area contributed by atoms with E-state index in [2.05, 4.69) is 15.1 Å². The molecule has 4 rings (SSSR count). The third-order valence-corrected chi connectivity index (χ3v) is 6.54. The van der Waals surface area contributed by atoms with Crippen molar-refractivity contribution in [3.05, 3.63) is 52.7 Å². The first-order valence-electron chi connectivity index (χ1n) is 9.75. The van der Waals surface area contributed by atoms with Crippen LogP contribution in [0.15, 0.2) is 40.1 Å². The smallest absolute Gasteiger partial charge is 0.233 e. The van der Waals surface area contributed by atoms with Gasteiger partial charge in [0.25, 0.3) is 0 Å². The molecule has 1 aliphatic rings. The summed E-state index contributed by atoms with van der Waals surface area (Å²) in [4.78, 5) is 16.5. The molecule has 164 valence electrons. The lowest BCUT2D eigenvalue weighted by Gasteiger charge is -2.34. The van der Waals surface area contributed by atoms with E-state index in [0.29, 0.717) is 60.1 Å². The molecule has 1 fully saturated rings. The fourth-order valence-corrected chi connectivity index (χ4v) is 4.44. The zero-order valence-corrected chi connectivity index (χ0v) is 18.5. The number of hydrogen-bond donors (Lipinski definition) is 1. The summed E-state index contributed by atoms with van der Waals surface area (Å²) in [7, 11) is 0. The monoisotopic (exact) mass is 464 g/mol. The van der Waals surface area contributed by atoms with Crippen LogP contribution in [-0.2, 0) is 11.3 Å². The first-order chi connectivity index (χ1) is 14.9. The van der Waals surface area contributed by atoms with Gasteiger partial charge in [0.15, 0.2) is 5.82 Å². The van der Waals surface area contributed by atoms with Crippen LogP contribution in [0.4, 0.5) is 4.39 Å². The molecule has 8 nitrogen and oxygen atoms in total. The minimum absolute atomic E-state index is 0.00221. The molecule has 0 saturated carbocycles. The lowest BCUT2D eigenvalue weighted by molar-refractivity contribution is -0.130. The molecule has 1 aliphatic heterocycles. The van der Waals surface area contributed by atoms with Crippen molar-refractivity contribution in [2.45, 2.75) is 18.6 Å². The summed E-state index contributed by atoms with van der Waals surface area (Å²) in [6, 6.07) is 6.47. The van der Waals surface area contributed by atoms with E-state index in [4.69, 9.17) is 21.9 Å². The highest BCUT2D eigenvalue weighted by Crippen LogP contribution is 2.25. The van der Waals surface area contributed by atoms with Crippen LogP contribution in [0.1, 0.15) is 11.3 Å². The number of carbonyl (C=O) groups excluding carboxylic acids is 1. The molecule has 3 aromatic rings. The Morgan fingerprint density at radius 2 is 2.03 bits per heavy atom. The molecule has 31 heavy (non-hydrogen) atoms. The van der Waals surface area contributed by atoms with E-state index in [0.717, 1.165) is 5.56 Å². The van der Waals surface area contributed by atoms with E-state index >= 15 is 0 Å². The van der Waals surface area contributed by atoms with Crippen LogP contribution in [-0.4, -0.2) is 62.5 Å².